The van der Waals surface area contributed by atoms with Crippen molar-refractivity contribution in [2.45, 2.75) is 6.54 Å². The quantitative estimate of drug-likeness (QED) is 0.675. The van der Waals surface area contributed by atoms with Gasteiger partial charge in [-0.2, -0.15) is 0 Å². The van der Waals surface area contributed by atoms with Gasteiger partial charge in [0.15, 0.2) is 0 Å². The van der Waals surface area contributed by atoms with Gasteiger partial charge in [-0.15, -0.1) is 10.2 Å². The Morgan fingerprint density at radius 2 is 1.85 bits per heavy atom. The summed E-state index contributed by atoms with van der Waals surface area (Å²) in [5.41, 5.74) is 2.71. The van der Waals surface area contributed by atoms with E-state index in [0.29, 0.717) is 41.6 Å². The molecule has 4 rings (SSSR count). The van der Waals surface area contributed by atoms with Crippen LogP contribution in [0.4, 0.5) is 11.4 Å². The normalized spacial score (nSPS) is 14.4. The molecule has 0 spiro atoms. The number of rotatable bonds is 5. The van der Waals surface area contributed by atoms with Crippen LogP contribution in [0.15, 0.2) is 46.9 Å². The highest BCUT2D eigenvalue weighted by molar-refractivity contribution is 6.33. The lowest BCUT2D eigenvalue weighted by atomic mass is 10.2. The van der Waals surface area contributed by atoms with Crippen molar-refractivity contribution in [1.29, 1.82) is 0 Å². The number of morpholine rings is 1. The second-order valence-electron chi connectivity index (χ2n) is 6.10. The highest BCUT2D eigenvalue weighted by Gasteiger charge is 2.16. The summed E-state index contributed by atoms with van der Waals surface area (Å²) in [7, 11) is 0. The molecule has 2 heterocycles. The summed E-state index contributed by atoms with van der Waals surface area (Å²) in [5.74, 6) is 0.870. The number of anilines is 2. The fourth-order valence-corrected chi connectivity index (χ4v) is 3.36. The first kappa shape index (κ1) is 18.1. The third-order valence-electron chi connectivity index (χ3n) is 4.31. The van der Waals surface area contributed by atoms with Crippen molar-refractivity contribution in [3.63, 3.8) is 0 Å². The van der Waals surface area contributed by atoms with Gasteiger partial charge < -0.3 is 19.4 Å². The summed E-state index contributed by atoms with van der Waals surface area (Å²) in [6.45, 7) is 3.50. The van der Waals surface area contributed by atoms with Gasteiger partial charge in [-0.3, -0.25) is 0 Å². The summed E-state index contributed by atoms with van der Waals surface area (Å²) < 4.78 is 11.2. The summed E-state index contributed by atoms with van der Waals surface area (Å²) in [5, 5.41) is 12.8. The Morgan fingerprint density at radius 1 is 1.04 bits per heavy atom. The lowest BCUT2D eigenvalue weighted by Crippen LogP contribution is -2.36. The molecule has 0 saturated carbocycles. The van der Waals surface area contributed by atoms with Gasteiger partial charge in [0.1, 0.15) is 0 Å². The second-order valence-corrected chi connectivity index (χ2v) is 6.94. The molecule has 27 heavy (non-hydrogen) atoms. The van der Waals surface area contributed by atoms with Crippen LogP contribution in [-0.2, 0) is 11.3 Å². The zero-order valence-electron chi connectivity index (χ0n) is 14.5. The molecule has 1 N–H and O–H groups in total. The van der Waals surface area contributed by atoms with Crippen LogP contribution in [0.1, 0.15) is 5.89 Å². The Labute approximate surface area is 167 Å². The van der Waals surface area contributed by atoms with E-state index in [1.165, 1.54) is 0 Å². The van der Waals surface area contributed by atoms with E-state index in [2.05, 4.69) is 20.4 Å². The largest absolute Gasteiger partial charge is 0.419 e. The molecule has 0 radical (unpaired) electrons. The molecule has 140 valence electrons. The average Bonchev–Trinajstić information content (AvgIpc) is 3.16. The fourth-order valence-electron chi connectivity index (χ4n) is 2.97. The molecular formula is C19H18Cl2N4O2. The summed E-state index contributed by atoms with van der Waals surface area (Å²) in [6, 6.07) is 13.2. The van der Waals surface area contributed by atoms with Crippen molar-refractivity contribution in [3.05, 3.63) is 58.4 Å². The molecule has 6 nitrogen and oxygen atoms in total. The molecule has 1 saturated heterocycles. The SMILES string of the molecule is Clc1ccc(N2CCOCC2)c(NCc2nnc(-c3ccccc3Cl)o2)c1. The highest BCUT2D eigenvalue weighted by Crippen LogP contribution is 2.31. The number of nitrogens with zero attached hydrogens (tertiary/aromatic N) is 3. The van der Waals surface area contributed by atoms with Gasteiger partial charge in [0.05, 0.1) is 41.7 Å². The van der Waals surface area contributed by atoms with Crippen LogP contribution in [-0.4, -0.2) is 36.5 Å². The van der Waals surface area contributed by atoms with Crippen molar-refractivity contribution in [2.24, 2.45) is 0 Å². The first-order chi connectivity index (χ1) is 13.2. The Morgan fingerprint density at radius 3 is 2.67 bits per heavy atom. The number of ether oxygens (including phenoxy) is 1. The number of hydrogen-bond acceptors (Lipinski definition) is 6. The van der Waals surface area contributed by atoms with Crippen molar-refractivity contribution in [2.75, 3.05) is 36.5 Å². The average molecular weight is 405 g/mol. The Bertz CT molecular complexity index is 926. The number of benzene rings is 2. The smallest absolute Gasteiger partial charge is 0.249 e. The van der Waals surface area contributed by atoms with E-state index in [0.717, 1.165) is 30.0 Å². The van der Waals surface area contributed by atoms with E-state index in [-0.39, 0.29) is 0 Å². The standard InChI is InChI=1S/C19H18Cl2N4O2/c20-13-5-6-17(25-7-9-26-10-8-25)16(11-13)22-12-18-23-24-19(27-18)14-3-1-2-4-15(14)21/h1-6,11,22H,7-10,12H2. The maximum atomic E-state index is 6.19. The predicted molar refractivity (Wildman–Crippen MR) is 107 cm³/mol. The molecule has 1 aliphatic rings. The van der Waals surface area contributed by atoms with Gasteiger partial charge in [0.25, 0.3) is 0 Å². The summed E-state index contributed by atoms with van der Waals surface area (Å²) >= 11 is 12.4. The molecule has 0 aliphatic carbocycles. The third kappa shape index (κ3) is 4.18. The summed E-state index contributed by atoms with van der Waals surface area (Å²) in [6.07, 6.45) is 0. The van der Waals surface area contributed by atoms with Crippen LogP contribution in [0, 0.1) is 0 Å². The lowest BCUT2D eigenvalue weighted by molar-refractivity contribution is 0.123. The lowest BCUT2D eigenvalue weighted by Gasteiger charge is -2.30. The fraction of sp³-hybridized carbons (Fsp3) is 0.263. The van der Waals surface area contributed by atoms with Crippen molar-refractivity contribution >= 4 is 34.6 Å². The maximum absolute atomic E-state index is 6.19. The number of hydrogen-bond donors (Lipinski definition) is 1. The number of aromatic nitrogens is 2. The maximum Gasteiger partial charge on any atom is 0.249 e. The minimum Gasteiger partial charge on any atom is -0.419 e. The van der Waals surface area contributed by atoms with E-state index in [4.69, 9.17) is 32.4 Å². The molecule has 1 fully saturated rings. The zero-order chi connectivity index (χ0) is 18.6. The van der Waals surface area contributed by atoms with Gasteiger partial charge in [-0.25, -0.2) is 0 Å². The Kier molecular flexibility index (Phi) is 5.48. The van der Waals surface area contributed by atoms with Gasteiger partial charge in [-0.05, 0) is 30.3 Å². The molecule has 1 aliphatic heterocycles. The van der Waals surface area contributed by atoms with Crippen LogP contribution in [0.25, 0.3) is 11.5 Å². The number of nitrogens with one attached hydrogen (secondary N) is 1. The van der Waals surface area contributed by atoms with E-state index in [9.17, 15) is 0 Å². The second kappa shape index (κ2) is 8.17. The van der Waals surface area contributed by atoms with Crippen LogP contribution in [0.5, 0.6) is 0 Å². The van der Waals surface area contributed by atoms with Crippen LogP contribution >= 0.6 is 23.2 Å². The molecule has 1 aromatic heterocycles. The molecule has 0 amide bonds. The van der Waals surface area contributed by atoms with Crippen molar-refractivity contribution < 1.29 is 9.15 Å². The van der Waals surface area contributed by atoms with Gasteiger partial charge in [-0.1, -0.05) is 35.3 Å². The van der Waals surface area contributed by atoms with E-state index < -0.39 is 0 Å². The van der Waals surface area contributed by atoms with E-state index in [1.807, 2.05) is 36.4 Å². The topological polar surface area (TPSA) is 63.4 Å². The molecule has 2 aromatic carbocycles. The van der Waals surface area contributed by atoms with Gasteiger partial charge in [0.2, 0.25) is 11.8 Å². The predicted octanol–water partition coefficient (Wildman–Crippen LogP) is 4.49. The first-order valence-electron chi connectivity index (χ1n) is 8.64. The summed E-state index contributed by atoms with van der Waals surface area (Å²) in [4.78, 5) is 2.27. The third-order valence-corrected chi connectivity index (χ3v) is 4.88. The minimum atomic E-state index is 0.384. The van der Waals surface area contributed by atoms with Gasteiger partial charge >= 0.3 is 0 Å². The Hall–Kier alpha value is -2.28. The highest BCUT2D eigenvalue weighted by atomic mass is 35.5. The molecule has 0 atom stereocenters. The van der Waals surface area contributed by atoms with Gasteiger partial charge in [0, 0.05) is 18.1 Å². The van der Waals surface area contributed by atoms with Crippen LogP contribution < -0.4 is 10.2 Å². The molecule has 3 aromatic rings. The van der Waals surface area contributed by atoms with Crippen molar-refractivity contribution in [3.8, 4) is 11.5 Å². The molecular weight excluding hydrogens is 387 g/mol. The molecule has 0 unspecified atom stereocenters. The monoisotopic (exact) mass is 404 g/mol. The van der Waals surface area contributed by atoms with Crippen molar-refractivity contribution in [1.82, 2.24) is 10.2 Å². The molecule has 0 bridgehead atoms. The van der Waals surface area contributed by atoms with Crippen LogP contribution in [0.2, 0.25) is 10.0 Å². The van der Waals surface area contributed by atoms with Crippen LogP contribution in [0.3, 0.4) is 0 Å². The molecule has 8 heteroatoms. The Balaban J connectivity index is 1.51. The van der Waals surface area contributed by atoms with E-state index >= 15 is 0 Å². The zero-order valence-corrected chi connectivity index (χ0v) is 16.0. The number of halogens is 2. The first-order valence-corrected chi connectivity index (χ1v) is 9.40. The minimum absolute atomic E-state index is 0.384. The van der Waals surface area contributed by atoms with E-state index in [1.54, 1.807) is 6.07 Å².